The SMILES string of the molecule is COC(=O)c1sc2nc(-c3ccccc3)cc(C(F)(F)F)c2c1N. The molecule has 0 unspecified atom stereocenters. The molecule has 2 N–H and O–H groups in total. The van der Waals surface area contributed by atoms with Crippen LogP contribution in [0.1, 0.15) is 15.2 Å². The molecule has 0 fully saturated rings. The van der Waals surface area contributed by atoms with Crippen LogP contribution in [-0.2, 0) is 10.9 Å². The standard InChI is InChI=1S/C16H11F3N2O2S/c1-23-15(22)13-12(20)11-9(16(17,18)19)7-10(21-14(11)24-13)8-5-3-2-4-6-8/h2-7H,20H2,1H3. The van der Waals surface area contributed by atoms with E-state index in [4.69, 9.17) is 5.73 Å². The summed E-state index contributed by atoms with van der Waals surface area (Å²) in [5, 5.41) is -0.271. The number of fused-ring (bicyclic) bond motifs is 1. The van der Waals surface area contributed by atoms with Gasteiger partial charge in [-0.05, 0) is 6.07 Å². The molecule has 0 bridgehead atoms. The van der Waals surface area contributed by atoms with E-state index in [1.807, 2.05) is 0 Å². The number of halogens is 3. The van der Waals surface area contributed by atoms with Crippen LogP contribution in [0.3, 0.4) is 0 Å². The number of pyridine rings is 1. The number of ether oxygens (including phenoxy) is 1. The van der Waals surface area contributed by atoms with Gasteiger partial charge < -0.3 is 10.5 Å². The average Bonchev–Trinajstić information content (AvgIpc) is 2.90. The van der Waals surface area contributed by atoms with Crippen molar-refractivity contribution in [1.82, 2.24) is 4.98 Å². The number of aromatic nitrogens is 1. The zero-order valence-electron chi connectivity index (χ0n) is 12.3. The molecular weight excluding hydrogens is 341 g/mol. The molecular formula is C16H11F3N2O2S. The lowest BCUT2D eigenvalue weighted by molar-refractivity contribution is -0.136. The summed E-state index contributed by atoms with van der Waals surface area (Å²) in [5.41, 5.74) is 5.29. The van der Waals surface area contributed by atoms with Crippen LogP contribution in [-0.4, -0.2) is 18.1 Å². The van der Waals surface area contributed by atoms with Gasteiger partial charge in [0.1, 0.15) is 9.71 Å². The smallest absolute Gasteiger partial charge is 0.417 e. The summed E-state index contributed by atoms with van der Waals surface area (Å²) < 4.78 is 45.0. The minimum absolute atomic E-state index is 0.0431. The minimum Gasteiger partial charge on any atom is -0.465 e. The molecule has 0 amide bonds. The van der Waals surface area contributed by atoms with Crippen molar-refractivity contribution in [2.75, 3.05) is 12.8 Å². The van der Waals surface area contributed by atoms with Gasteiger partial charge in [-0.3, -0.25) is 0 Å². The quantitative estimate of drug-likeness (QED) is 0.697. The Kier molecular flexibility index (Phi) is 3.92. The van der Waals surface area contributed by atoms with E-state index < -0.39 is 17.7 Å². The average molecular weight is 352 g/mol. The molecule has 2 aromatic heterocycles. The first-order valence-electron chi connectivity index (χ1n) is 6.77. The van der Waals surface area contributed by atoms with Crippen LogP contribution < -0.4 is 5.73 Å². The number of carbonyl (C=O) groups excluding carboxylic acids is 1. The van der Waals surface area contributed by atoms with E-state index in [-0.39, 0.29) is 26.5 Å². The maximum atomic E-state index is 13.5. The largest absolute Gasteiger partial charge is 0.465 e. The molecule has 0 atom stereocenters. The zero-order valence-corrected chi connectivity index (χ0v) is 13.2. The maximum absolute atomic E-state index is 13.5. The van der Waals surface area contributed by atoms with Crippen LogP contribution >= 0.6 is 11.3 Å². The number of rotatable bonds is 2. The number of nitrogens with zero attached hydrogens (tertiary/aromatic N) is 1. The second kappa shape index (κ2) is 5.79. The molecule has 3 aromatic rings. The molecule has 24 heavy (non-hydrogen) atoms. The van der Waals surface area contributed by atoms with Crippen LogP contribution in [0.15, 0.2) is 36.4 Å². The first kappa shape index (κ1) is 16.3. The van der Waals surface area contributed by atoms with E-state index in [9.17, 15) is 18.0 Å². The first-order chi connectivity index (χ1) is 11.3. The Bertz CT molecular complexity index is 920. The van der Waals surface area contributed by atoms with Gasteiger partial charge in [-0.2, -0.15) is 13.2 Å². The van der Waals surface area contributed by atoms with Crippen molar-refractivity contribution in [2.45, 2.75) is 6.18 Å². The molecule has 0 saturated carbocycles. The van der Waals surface area contributed by atoms with Gasteiger partial charge in [-0.1, -0.05) is 30.3 Å². The number of esters is 1. The normalized spacial score (nSPS) is 11.7. The number of anilines is 1. The molecule has 4 nitrogen and oxygen atoms in total. The number of methoxy groups -OCH3 is 1. The Morgan fingerprint density at radius 1 is 1.25 bits per heavy atom. The highest BCUT2D eigenvalue weighted by Gasteiger charge is 2.36. The second-order valence-electron chi connectivity index (χ2n) is 4.94. The summed E-state index contributed by atoms with van der Waals surface area (Å²) in [6.07, 6.45) is -4.63. The van der Waals surface area contributed by atoms with Gasteiger partial charge in [0.15, 0.2) is 0 Å². The minimum atomic E-state index is -4.63. The fourth-order valence-corrected chi connectivity index (χ4v) is 3.38. The summed E-state index contributed by atoms with van der Waals surface area (Å²) in [4.78, 5) is 15.9. The lowest BCUT2D eigenvalue weighted by Gasteiger charge is -2.11. The van der Waals surface area contributed by atoms with Crippen molar-refractivity contribution in [3.8, 4) is 11.3 Å². The molecule has 2 heterocycles. The molecule has 0 aliphatic rings. The van der Waals surface area contributed by atoms with Gasteiger partial charge in [0, 0.05) is 10.9 Å². The third-order valence-electron chi connectivity index (χ3n) is 3.44. The highest BCUT2D eigenvalue weighted by molar-refractivity contribution is 7.21. The summed E-state index contributed by atoms with van der Waals surface area (Å²) in [6, 6.07) is 9.43. The number of hydrogen-bond donors (Lipinski definition) is 1. The molecule has 1 aromatic carbocycles. The van der Waals surface area contributed by atoms with Crippen LogP contribution in [0.2, 0.25) is 0 Å². The monoisotopic (exact) mass is 352 g/mol. The molecule has 124 valence electrons. The van der Waals surface area contributed by atoms with Crippen molar-refractivity contribution in [2.24, 2.45) is 0 Å². The Balaban J connectivity index is 2.35. The fraction of sp³-hybridized carbons (Fsp3) is 0.125. The van der Waals surface area contributed by atoms with E-state index in [0.717, 1.165) is 24.5 Å². The third-order valence-corrected chi connectivity index (χ3v) is 4.52. The van der Waals surface area contributed by atoms with Gasteiger partial charge in [0.2, 0.25) is 0 Å². The number of carbonyl (C=O) groups is 1. The van der Waals surface area contributed by atoms with E-state index in [0.29, 0.717) is 5.56 Å². The van der Waals surface area contributed by atoms with Crippen molar-refractivity contribution < 1.29 is 22.7 Å². The molecule has 8 heteroatoms. The van der Waals surface area contributed by atoms with Crippen molar-refractivity contribution >= 4 is 33.2 Å². The number of thiophene rings is 1. The Morgan fingerprint density at radius 3 is 2.50 bits per heavy atom. The van der Waals surface area contributed by atoms with Gasteiger partial charge in [0.25, 0.3) is 0 Å². The van der Waals surface area contributed by atoms with Crippen LogP contribution in [0, 0.1) is 0 Å². The molecule has 0 aliphatic carbocycles. The lowest BCUT2D eigenvalue weighted by Crippen LogP contribution is -2.08. The predicted molar refractivity (Wildman–Crippen MR) is 85.8 cm³/mol. The molecule has 0 aliphatic heterocycles. The number of benzene rings is 1. The predicted octanol–water partition coefficient (Wildman–Crippen LogP) is 4.35. The van der Waals surface area contributed by atoms with Crippen molar-refractivity contribution in [3.05, 3.63) is 46.8 Å². The first-order valence-corrected chi connectivity index (χ1v) is 7.58. The third kappa shape index (κ3) is 2.69. The van der Waals surface area contributed by atoms with E-state index >= 15 is 0 Å². The summed E-state index contributed by atoms with van der Waals surface area (Å²) in [5.74, 6) is -0.787. The van der Waals surface area contributed by atoms with Crippen LogP contribution in [0.4, 0.5) is 18.9 Å². The van der Waals surface area contributed by atoms with E-state index in [2.05, 4.69) is 9.72 Å². The fourth-order valence-electron chi connectivity index (χ4n) is 2.35. The van der Waals surface area contributed by atoms with Crippen LogP contribution in [0.5, 0.6) is 0 Å². The van der Waals surface area contributed by atoms with Crippen molar-refractivity contribution in [3.63, 3.8) is 0 Å². The van der Waals surface area contributed by atoms with E-state index in [1.54, 1.807) is 30.3 Å². The number of hydrogen-bond acceptors (Lipinski definition) is 5. The number of nitrogens with two attached hydrogens (primary N) is 1. The Morgan fingerprint density at radius 2 is 1.92 bits per heavy atom. The lowest BCUT2D eigenvalue weighted by atomic mass is 10.1. The number of nitrogen functional groups attached to an aromatic ring is 1. The van der Waals surface area contributed by atoms with Gasteiger partial charge in [0.05, 0.1) is 24.1 Å². The van der Waals surface area contributed by atoms with Gasteiger partial charge >= 0.3 is 12.1 Å². The highest BCUT2D eigenvalue weighted by Crippen LogP contribution is 2.43. The maximum Gasteiger partial charge on any atom is 0.417 e. The molecule has 3 rings (SSSR count). The summed E-state index contributed by atoms with van der Waals surface area (Å²) in [7, 11) is 1.14. The highest BCUT2D eigenvalue weighted by atomic mass is 32.1. The number of alkyl halides is 3. The summed E-state index contributed by atoms with van der Waals surface area (Å²) >= 11 is 0.785. The summed E-state index contributed by atoms with van der Waals surface area (Å²) in [6.45, 7) is 0. The second-order valence-corrected chi connectivity index (χ2v) is 5.93. The molecule has 0 radical (unpaired) electrons. The van der Waals surface area contributed by atoms with Crippen molar-refractivity contribution in [1.29, 1.82) is 0 Å². The Labute approximate surface area is 138 Å². The molecule has 0 saturated heterocycles. The zero-order chi connectivity index (χ0) is 17.5. The van der Waals surface area contributed by atoms with Gasteiger partial charge in [-0.25, -0.2) is 9.78 Å². The van der Waals surface area contributed by atoms with E-state index in [1.165, 1.54) is 0 Å². The topological polar surface area (TPSA) is 65.2 Å². The van der Waals surface area contributed by atoms with Crippen LogP contribution in [0.25, 0.3) is 21.5 Å². The molecule has 0 spiro atoms. The van der Waals surface area contributed by atoms with Gasteiger partial charge in [-0.15, -0.1) is 11.3 Å². The Hall–Kier alpha value is -2.61.